The summed E-state index contributed by atoms with van der Waals surface area (Å²) in [6.45, 7) is 21.7. The number of ether oxygens (including phenoxy) is 6. The van der Waals surface area contributed by atoms with Crippen LogP contribution >= 0.6 is 0 Å². The first-order chi connectivity index (χ1) is 21.1. The van der Waals surface area contributed by atoms with Crippen molar-refractivity contribution in [3.05, 3.63) is 88.0 Å². The Balaban J connectivity index is 2.04. The van der Waals surface area contributed by atoms with Gasteiger partial charge in [0.1, 0.15) is 34.1 Å². The molecule has 0 atom stereocenters. The van der Waals surface area contributed by atoms with Crippen molar-refractivity contribution >= 4 is 18.5 Å². The summed E-state index contributed by atoms with van der Waals surface area (Å²) in [4.78, 5) is 37.0. The van der Waals surface area contributed by atoms with E-state index < -0.39 is 35.3 Å². The molecule has 3 aromatic carbocycles. The molecule has 0 aliphatic rings. The second-order valence-corrected chi connectivity index (χ2v) is 14.2. The van der Waals surface area contributed by atoms with Crippen LogP contribution in [0.1, 0.15) is 102 Å². The van der Waals surface area contributed by atoms with Gasteiger partial charge in [0.25, 0.3) is 0 Å². The van der Waals surface area contributed by atoms with E-state index in [0.29, 0.717) is 17.2 Å². The van der Waals surface area contributed by atoms with Gasteiger partial charge in [0.2, 0.25) is 0 Å². The zero-order valence-electron chi connectivity index (χ0n) is 28.9. The van der Waals surface area contributed by atoms with E-state index >= 15 is 0 Å². The fraction of sp³-hybridized carbons (Fsp3) is 0.432. The smallest absolute Gasteiger partial charge is 0.428 e. The fourth-order valence-corrected chi connectivity index (χ4v) is 4.71. The molecule has 0 amide bonds. The highest BCUT2D eigenvalue weighted by atomic mass is 16.7. The third-order valence-electron chi connectivity index (χ3n) is 6.43. The van der Waals surface area contributed by atoms with Gasteiger partial charge >= 0.3 is 18.5 Å². The van der Waals surface area contributed by atoms with Crippen molar-refractivity contribution in [1.82, 2.24) is 0 Å². The average Bonchev–Trinajstić information content (AvgIpc) is 2.84. The zero-order chi connectivity index (χ0) is 34.6. The van der Waals surface area contributed by atoms with Gasteiger partial charge in [-0.1, -0.05) is 18.2 Å². The van der Waals surface area contributed by atoms with Crippen molar-refractivity contribution in [2.45, 2.75) is 106 Å². The predicted molar refractivity (Wildman–Crippen MR) is 175 cm³/mol. The molecular formula is C37H46O9. The number of hydrogen-bond acceptors (Lipinski definition) is 9. The van der Waals surface area contributed by atoms with E-state index in [-0.39, 0.29) is 5.92 Å². The Morgan fingerprint density at radius 3 is 0.891 bits per heavy atom. The van der Waals surface area contributed by atoms with E-state index in [4.69, 9.17) is 28.4 Å². The summed E-state index contributed by atoms with van der Waals surface area (Å²) in [5.41, 5.74) is 3.38. The Bertz CT molecular complexity index is 1390. The molecule has 248 valence electrons. The van der Waals surface area contributed by atoms with Crippen LogP contribution in [0.3, 0.4) is 0 Å². The Morgan fingerprint density at radius 2 is 0.696 bits per heavy atom. The van der Waals surface area contributed by atoms with Gasteiger partial charge < -0.3 is 28.4 Å². The highest BCUT2D eigenvalue weighted by Crippen LogP contribution is 2.40. The maximum atomic E-state index is 12.3. The molecule has 9 heteroatoms. The summed E-state index contributed by atoms with van der Waals surface area (Å²) < 4.78 is 32.3. The standard InChI is InChI=1S/C37H46O9/c1-22-19-25(41-32(38)44-35(4,5)6)13-16-28(22)31(29-17-14-26(20-23(29)2)42-33(39)45-36(7,8)9)30-18-15-27(21-24(30)3)43-34(40)46-37(10,11)12/h13-21,31H,1-12H3. The summed E-state index contributed by atoms with van der Waals surface area (Å²) in [6.07, 6.45) is -2.36. The first-order valence-electron chi connectivity index (χ1n) is 15.1. The summed E-state index contributed by atoms with van der Waals surface area (Å²) in [5, 5.41) is 0. The van der Waals surface area contributed by atoms with Crippen molar-refractivity contribution in [2.75, 3.05) is 0 Å². The average molecular weight is 635 g/mol. The van der Waals surface area contributed by atoms with Crippen LogP contribution < -0.4 is 14.2 Å². The Morgan fingerprint density at radius 1 is 0.457 bits per heavy atom. The minimum absolute atomic E-state index is 0.290. The van der Waals surface area contributed by atoms with Crippen molar-refractivity contribution in [1.29, 1.82) is 0 Å². The molecule has 0 heterocycles. The normalized spacial score (nSPS) is 11.9. The quantitative estimate of drug-likeness (QED) is 0.113. The maximum Gasteiger partial charge on any atom is 0.514 e. The van der Waals surface area contributed by atoms with Gasteiger partial charge in [0.05, 0.1) is 0 Å². The molecule has 0 saturated carbocycles. The maximum absolute atomic E-state index is 12.3. The molecule has 3 rings (SSSR count). The van der Waals surface area contributed by atoms with Crippen molar-refractivity contribution in [2.24, 2.45) is 0 Å². The minimum Gasteiger partial charge on any atom is -0.428 e. The number of benzene rings is 3. The summed E-state index contributed by atoms with van der Waals surface area (Å²) in [5.74, 6) is 0.765. The molecule has 0 spiro atoms. The molecule has 0 N–H and O–H groups in total. The third-order valence-corrected chi connectivity index (χ3v) is 6.43. The van der Waals surface area contributed by atoms with E-state index in [2.05, 4.69) is 0 Å². The molecular weight excluding hydrogens is 588 g/mol. The number of carbonyl (C=O) groups excluding carboxylic acids is 3. The first-order valence-corrected chi connectivity index (χ1v) is 15.1. The van der Waals surface area contributed by atoms with E-state index in [1.165, 1.54) is 0 Å². The van der Waals surface area contributed by atoms with E-state index in [9.17, 15) is 14.4 Å². The predicted octanol–water partition coefficient (Wildman–Crippen LogP) is 9.73. The number of aryl methyl sites for hydroxylation is 3. The lowest BCUT2D eigenvalue weighted by Crippen LogP contribution is -2.26. The second-order valence-electron chi connectivity index (χ2n) is 14.2. The Labute approximate surface area is 272 Å². The molecule has 46 heavy (non-hydrogen) atoms. The zero-order valence-corrected chi connectivity index (χ0v) is 28.9. The van der Waals surface area contributed by atoms with Crippen LogP contribution in [0.4, 0.5) is 14.4 Å². The van der Waals surface area contributed by atoms with Gasteiger partial charge in [-0.15, -0.1) is 0 Å². The largest absolute Gasteiger partial charge is 0.514 e. The summed E-state index contributed by atoms with van der Waals surface area (Å²) >= 11 is 0. The van der Waals surface area contributed by atoms with Gasteiger partial charge in [-0.3, -0.25) is 0 Å². The van der Waals surface area contributed by atoms with E-state index in [1.807, 2.05) is 39.0 Å². The van der Waals surface area contributed by atoms with Crippen LogP contribution in [0.25, 0.3) is 0 Å². The van der Waals surface area contributed by atoms with Gasteiger partial charge in [0, 0.05) is 5.92 Å². The number of hydrogen-bond donors (Lipinski definition) is 0. The molecule has 3 aromatic rings. The molecule has 0 radical (unpaired) electrons. The van der Waals surface area contributed by atoms with Crippen LogP contribution in [-0.4, -0.2) is 35.3 Å². The van der Waals surface area contributed by atoms with Crippen LogP contribution in [0.5, 0.6) is 17.2 Å². The molecule has 0 aliphatic carbocycles. The van der Waals surface area contributed by atoms with Crippen molar-refractivity contribution in [3.8, 4) is 17.2 Å². The molecule has 0 aromatic heterocycles. The summed E-state index contributed by atoms with van der Waals surface area (Å²) in [7, 11) is 0. The highest BCUT2D eigenvalue weighted by molar-refractivity contribution is 5.67. The molecule has 0 bridgehead atoms. The van der Waals surface area contributed by atoms with Crippen molar-refractivity contribution < 1.29 is 42.8 Å². The summed E-state index contributed by atoms with van der Waals surface area (Å²) in [6, 6.07) is 16.3. The number of rotatable bonds is 6. The lowest BCUT2D eigenvalue weighted by atomic mass is 9.79. The van der Waals surface area contributed by atoms with E-state index in [0.717, 1.165) is 33.4 Å². The molecule has 9 nitrogen and oxygen atoms in total. The lowest BCUT2D eigenvalue weighted by Gasteiger charge is -2.25. The van der Waals surface area contributed by atoms with Crippen LogP contribution in [0, 0.1) is 20.8 Å². The Kier molecular flexibility index (Phi) is 10.8. The second kappa shape index (κ2) is 13.8. The van der Waals surface area contributed by atoms with Gasteiger partial charge in [0.15, 0.2) is 0 Å². The van der Waals surface area contributed by atoms with Gasteiger partial charge in [-0.2, -0.15) is 0 Å². The number of carbonyl (C=O) groups is 3. The lowest BCUT2D eigenvalue weighted by molar-refractivity contribution is 0.0193. The molecule has 0 unspecified atom stereocenters. The van der Waals surface area contributed by atoms with Crippen LogP contribution in [0.2, 0.25) is 0 Å². The van der Waals surface area contributed by atoms with E-state index in [1.54, 1.807) is 98.7 Å². The van der Waals surface area contributed by atoms with Crippen LogP contribution in [0.15, 0.2) is 54.6 Å². The monoisotopic (exact) mass is 634 g/mol. The van der Waals surface area contributed by atoms with Gasteiger partial charge in [-0.25, -0.2) is 14.4 Å². The fourth-order valence-electron chi connectivity index (χ4n) is 4.71. The highest BCUT2D eigenvalue weighted by Gasteiger charge is 2.26. The Hall–Kier alpha value is -4.53. The van der Waals surface area contributed by atoms with Crippen molar-refractivity contribution in [3.63, 3.8) is 0 Å². The minimum atomic E-state index is -0.788. The van der Waals surface area contributed by atoms with Gasteiger partial charge in [-0.05, 0) is 153 Å². The van der Waals surface area contributed by atoms with Crippen LogP contribution in [-0.2, 0) is 14.2 Å². The SMILES string of the molecule is Cc1cc(OC(=O)OC(C)(C)C)ccc1C(c1ccc(OC(=O)OC(C)(C)C)cc1C)c1ccc(OC(=O)OC(C)(C)C)cc1C. The third kappa shape index (κ3) is 10.8. The molecule has 0 saturated heterocycles. The first kappa shape index (κ1) is 35.9. The topological polar surface area (TPSA) is 107 Å². The molecule has 0 aliphatic heterocycles. The molecule has 0 fully saturated rings.